The minimum Gasteiger partial charge on any atom is -0.375 e. The number of ether oxygens (including phenoxy) is 1. The summed E-state index contributed by atoms with van der Waals surface area (Å²) in [5.41, 5.74) is 1.31. The molecule has 0 spiro atoms. The molecule has 2 rings (SSSR count). The van der Waals surface area contributed by atoms with Gasteiger partial charge < -0.3 is 4.74 Å². The molecule has 2 heterocycles. The maximum Gasteiger partial charge on any atom is 0.0641 e. The van der Waals surface area contributed by atoms with Gasteiger partial charge in [0.2, 0.25) is 0 Å². The van der Waals surface area contributed by atoms with Crippen LogP contribution < -0.4 is 0 Å². The van der Waals surface area contributed by atoms with Crippen LogP contribution in [0.4, 0.5) is 0 Å². The molecule has 0 amide bonds. The van der Waals surface area contributed by atoms with E-state index in [-0.39, 0.29) is 5.60 Å². The largest absolute Gasteiger partial charge is 0.375 e. The van der Waals surface area contributed by atoms with Gasteiger partial charge in [-0.3, -0.25) is 9.58 Å². The lowest BCUT2D eigenvalue weighted by atomic mass is 9.92. The van der Waals surface area contributed by atoms with E-state index >= 15 is 0 Å². The molecule has 1 fully saturated rings. The zero-order chi connectivity index (χ0) is 13.2. The van der Waals surface area contributed by atoms with Crippen LogP contribution in [-0.4, -0.2) is 39.5 Å². The Hall–Kier alpha value is -0.870. The van der Waals surface area contributed by atoms with E-state index in [9.17, 15) is 0 Å². The quantitative estimate of drug-likeness (QED) is 0.822. The molecule has 0 bridgehead atoms. The van der Waals surface area contributed by atoms with Gasteiger partial charge in [-0.25, -0.2) is 0 Å². The van der Waals surface area contributed by atoms with E-state index in [2.05, 4.69) is 37.0 Å². The zero-order valence-corrected chi connectivity index (χ0v) is 12.0. The number of aryl methyl sites for hydroxylation is 1. The lowest BCUT2D eigenvalue weighted by molar-refractivity contribution is -0.0838. The van der Waals surface area contributed by atoms with Crippen LogP contribution in [0.15, 0.2) is 12.4 Å². The van der Waals surface area contributed by atoms with E-state index in [1.54, 1.807) is 0 Å². The summed E-state index contributed by atoms with van der Waals surface area (Å²) in [6.45, 7) is 9.56. The van der Waals surface area contributed by atoms with Gasteiger partial charge in [0.1, 0.15) is 0 Å². The Morgan fingerprint density at radius 1 is 1.56 bits per heavy atom. The van der Waals surface area contributed by atoms with Gasteiger partial charge in [0.25, 0.3) is 0 Å². The van der Waals surface area contributed by atoms with Crippen molar-refractivity contribution in [2.75, 3.05) is 13.2 Å². The Morgan fingerprint density at radius 3 is 2.89 bits per heavy atom. The van der Waals surface area contributed by atoms with E-state index in [0.717, 1.165) is 32.5 Å². The Bertz CT molecular complexity index is 386. The van der Waals surface area contributed by atoms with Gasteiger partial charge in [-0.1, -0.05) is 6.92 Å². The maximum atomic E-state index is 5.80. The fourth-order valence-corrected chi connectivity index (χ4v) is 2.80. The van der Waals surface area contributed by atoms with Crippen molar-refractivity contribution < 1.29 is 4.74 Å². The van der Waals surface area contributed by atoms with E-state index in [1.807, 2.05) is 17.9 Å². The van der Waals surface area contributed by atoms with E-state index in [0.29, 0.717) is 6.04 Å². The first-order valence-corrected chi connectivity index (χ1v) is 6.86. The standard InChI is InChI=1S/C14H25N3O/c1-5-17(11-12-9-15-16(4)10-12)13-6-7-18-14(2,3)8-13/h9-10,13H,5-8,11H2,1-4H3. The van der Waals surface area contributed by atoms with Crippen LogP contribution in [0, 0.1) is 0 Å². The molecular formula is C14H25N3O. The number of nitrogens with zero attached hydrogens (tertiary/aromatic N) is 3. The van der Waals surface area contributed by atoms with Crippen LogP contribution in [-0.2, 0) is 18.3 Å². The molecule has 1 atom stereocenters. The van der Waals surface area contributed by atoms with Crippen molar-refractivity contribution in [2.45, 2.75) is 51.8 Å². The predicted octanol–water partition coefficient (Wildman–Crippen LogP) is 2.20. The second-order valence-corrected chi connectivity index (χ2v) is 5.84. The van der Waals surface area contributed by atoms with Crippen LogP contribution >= 0.6 is 0 Å². The lowest BCUT2D eigenvalue weighted by Gasteiger charge is -2.40. The summed E-state index contributed by atoms with van der Waals surface area (Å²) in [5, 5.41) is 4.24. The van der Waals surface area contributed by atoms with Crippen molar-refractivity contribution in [2.24, 2.45) is 7.05 Å². The monoisotopic (exact) mass is 251 g/mol. The van der Waals surface area contributed by atoms with Crippen molar-refractivity contribution in [3.05, 3.63) is 18.0 Å². The average molecular weight is 251 g/mol. The first-order chi connectivity index (χ1) is 8.50. The molecule has 4 nitrogen and oxygen atoms in total. The van der Waals surface area contributed by atoms with Gasteiger partial charge in [0.05, 0.1) is 11.8 Å². The Morgan fingerprint density at radius 2 is 2.33 bits per heavy atom. The molecule has 1 aliphatic heterocycles. The lowest BCUT2D eigenvalue weighted by Crippen LogP contribution is -2.45. The molecule has 18 heavy (non-hydrogen) atoms. The number of hydrogen-bond donors (Lipinski definition) is 0. The minimum absolute atomic E-state index is 0.0191. The average Bonchev–Trinajstić information content (AvgIpc) is 2.70. The third kappa shape index (κ3) is 3.33. The van der Waals surface area contributed by atoms with Gasteiger partial charge in [-0.2, -0.15) is 5.10 Å². The van der Waals surface area contributed by atoms with Crippen LogP contribution in [0.25, 0.3) is 0 Å². The first kappa shape index (κ1) is 13.6. The highest BCUT2D eigenvalue weighted by Gasteiger charge is 2.31. The van der Waals surface area contributed by atoms with Crippen LogP contribution in [0.1, 0.15) is 39.2 Å². The van der Waals surface area contributed by atoms with Crippen LogP contribution in [0.2, 0.25) is 0 Å². The van der Waals surface area contributed by atoms with Gasteiger partial charge in [-0.15, -0.1) is 0 Å². The van der Waals surface area contributed by atoms with Crippen LogP contribution in [0.3, 0.4) is 0 Å². The molecule has 4 heteroatoms. The van der Waals surface area contributed by atoms with Crippen molar-refractivity contribution in [1.82, 2.24) is 14.7 Å². The smallest absolute Gasteiger partial charge is 0.0641 e. The molecule has 0 N–H and O–H groups in total. The molecule has 0 aromatic carbocycles. The zero-order valence-electron chi connectivity index (χ0n) is 12.0. The molecule has 0 aliphatic carbocycles. The molecule has 102 valence electrons. The molecule has 1 unspecified atom stereocenters. The SMILES string of the molecule is CCN(Cc1cnn(C)c1)C1CCOC(C)(C)C1. The van der Waals surface area contributed by atoms with Crippen molar-refractivity contribution in [3.63, 3.8) is 0 Å². The van der Waals surface area contributed by atoms with Crippen molar-refractivity contribution in [3.8, 4) is 0 Å². The van der Waals surface area contributed by atoms with Crippen molar-refractivity contribution in [1.29, 1.82) is 0 Å². The van der Waals surface area contributed by atoms with E-state index < -0.39 is 0 Å². The number of hydrogen-bond acceptors (Lipinski definition) is 3. The Balaban J connectivity index is 1.99. The molecule has 1 aliphatic rings. The summed E-state index contributed by atoms with van der Waals surface area (Å²) < 4.78 is 7.67. The normalized spacial score (nSPS) is 23.5. The highest BCUT2D eigenvalue weighted by atomic mass is 16.5. The molecule has 0 radical (unpaired) electrons. The topological polar surface area (TPSA) is 30.3 Å². The molecular weight excluding hydrogens is 226 g/mol. The second-order valence-electron chi connectivity index (χ2n) is 5.84. The fraction of sp³-hybridized carbons (Fsp3) is 0.786. The summed E-state index contributed by atoms with van der Waals surface area (Å²) in [6, 6.07) is 0.624. The van der Waals surface area contributed by atoms with Gasteiger partial charge in [0.15, 0.2) is 0 Å². The third-order valence-electron chi connectivity index (χ3n) is 3.74. The highest BCUT2D eigenvalue weighted by Crippen LogP contribution is 2.28. The predicted molar refractivity (Wildman–Crippen MR) is 72.3 cm³/mol. The highest BCUT2D eigenvalue weighted by molar-refractivity contribution is 5.04. The summed E-state index contributed by atoms with van der Waals surface area (Å²) in [4.78, 5) is 2.54. The fourth-order valence-electron chi connectivity index (χ4n) is 2.80. The minimum atomic E-state index is 0.0191. The Kier molecular flexibility index (Phi) is 4.07. The Labute approximate surface area is 110 Å². The number of rotatable bonds is 4. The van der Waals surface area contributed by atoms with Gasteiger partial charge in [0, 0.05) is 38.0 Å². The summed E-state index contributed by atoms with van der Waals surface area (Å²) in [7, 11) is 1.97. The first-order valence-electron chi connectivity index (χ1n) is 6.86. The molecule has 0 saturated carbocycles. The third-order valence-corrected chi connectivity index (χ3v) is 3.74. The van der Waals surface area contributed by atoms with Crippen LogP contribution in [0.5, 0.6) is 0 Å². The molecule has 1 aromatic rings. The molecule has 1 saturated heterocycles. The second kappa shape index (κ2) is 5.41. The number of aromatic nitrogens is 2. The van der Waals surface area contributed by atoms with Crippen molar-refractivity contribution >= 4 is 0 Å². The summed E-state index contributed by atoms with van der Waals surface area (Å²) in [5.74, 6) is 0. The van der Waals surface area contributed by atoms with Gasteiger partial charge >= 0.3 is 0 Å². The summed E-state index contributed by atoms with van der Waals surface area (Å²) >= 11 is 0. The van der Waals surface area contributed by atoms with Gasteiger partial charge in [-0.05, 0) is 33.2 Å². The van der Waals surface area contributed by atoms with E-state index in [1.165, 1.54) is 5.56 Å². The summed E-state index contributed by atoms with van der Waals surface area (Å²) in [6.07, 6.45) is 6.32. The molecule has 1 aromatic heterocycles. The van der Waals surface area contributed by atoms with E-state index in [4.69, 9.17) is 4.74 Å². The maximum absolute atomic E-state index is 5.80.